The number of aliphatic hydroxyl groups excluding tert-OH is 1. The molecule has 0 heterocycles. The SMILES string of the molecule is CCCC1CCCCCCC1N(C)C(O)CCC. The van der Waals surface area contributed by atoms with Crippen LogP contribution in [0.4, 0.5) is 0 Å². The van der Waals surface area contributed by atoms with Crippen LogP contribution in [0.1, 0.15) is 78.1 Å². The highest BCUT2D eigenvalue weighted by atomic mass is 16.3. The lowest BCUT2D eigenvalue weighted by Crippen LogP contribution is -2.44. The van der Waals surface area contributed by atoms with Gasteiger partial charge in [-0.3, -0.25) is 4.90 Å². The Morgan fingerprint density at radius 1 is 1.06 bits per heavy atom. The summed E-state index contributed by atoms with van der Waals surface area (Å²) >= 11 is 0. The fraction of sp³-hybridized carbons (Fsp3) is 1.00. The van der Waals surface area contributed by atoms with Crippen LogP contribution in [0.5, 0.6) is 0 Å². The van der Waals surface area contributed by atoms with Crippen molar-refractivity contribution < 1.29 is 5.11 Å². The van der Waals surface area contributed by atoms with Gasteiger partial charge in [-0.15, -0.1) is 0 Å². The molecule has 0 bridgehead atoms. The molecule has 1 fully saturated rings. The molecule has 3 unspecified atom stereocenters. The first-order chi connectivity index (χ1) is 8.70. The molecule has 0 aromatic carbocycles. The van der Waals surface area contributed by atoms with Gasteiger partial charge in [-0.05, 0) is 38.6 Å². The molecule has 2 heteroatoms. The van der Waals surface area contributed by atoms with Crippen LogP contribution in [0.2, 0.25) is 0 Å². The predicted octanol–water partition coefficient (Wildman–Crippen LogP) is 4.18. The van der Waals surface area contributed by atoms with E-state index in [2.05, 4.69) is 25.8 Å². The Hall–Kier alpha value is -0.0800. The number of rotatable bonds is 6. The van der Waals surface area contributed by atoms with E-state index < -0.39 is 0 Å². The molecular weight excluding hydrogens is 222 g/mol. The van der Waals surface area contributed by atoms with Crippen LogP contribution >= 0.6 is 0 Å². The molecule has 1 N–H and O–H groups in total. The Kier molecular flexibility index (Phi) is 7.92. The van der Waals surface area contributed by atoms with Crippen LogP contribution in [-0.4, -0.2) is 29.3 Å². The van der Waals surface area contributed by atoms with Crippen LogP contribution in [0.3, 0.4) is 0 Å². The minimum atomic E-state index is -0.237. The third kappa shape index (κ3) is 4.89. The van der Waals surface area contributed by atoms with Gasteiger partial charge in [0.15, 0.2) is 0 Å². The molecule has 3 atom stereocenters. The Bertz CT molecular complexity index is 207. The highest BCUT2D eigenvalue weighted by Gasteiger charge is 2.28. The molecule has 108 valence electrons. The zero-order chi connectivity index (χ0) is 13.4. The van der Waals surface area contributed by atoms with E-state index in [1.165, 1.54) is 51.4 Å². The number of hydrogen-bond acceptors (Lipinski definition) is 2. The van der Waals surface area contributed by atoms with E-state index in [-0.39, 0.29) is 6.23 Å². The molecule has 1 rings (SSSR count). The van der Waals surface area contributed by atoms with Crippen molar-refractivity contribution in [1.82, 2.24) is 4.90 Å². The van der Waals surface area contributed by atoms with Crippen molar-refractivity contribution in [2.75, 3.05) is 7.05 Å². The van der Waals surface area contributed by atoms with Crippen molar-refractivity contribution in [3.8, 4) is 0 Å². The lowest BCUT2D eigenvalue weighted by molar-refractivity contribution is -0.0350. The van der Waals surface area contributed by atoms with Crippen LogP contribution in [0, 0.1) is 5.92 Å². The molecular formula is C16H33NO. The second kappa shape index (κ2) is 8.92. The summed E-state index contributed by atoms with van der Waals surface area (Å²) < 4.78 is 0. The maximum Gasteiger partial charge on any atom is 0.107 e. The van der Waals surface area contributed by atoms with Gasteiger partial charge < -0.3 is 5.11 Å². The lowest BCUT2D eigenvalue weighted by Gasteiger charge is -2.38. The van der Waals surface area contributed by atoms with E-state index in [1.54, 1.807) is 0 Å². The van der Waals surface area contributed by atoms with Gasteiger partial charge >= 0.3 is 0 Å². The first-order valence-electron chi connectivity index (χ1n) is 8.10. The van der Waals surface area contributed by atoms with E-state index in [4.69, 9.17) is 0 Å². The van der Waals surface area contributed by atoms with Gasteiger partial charge in [0.25, 0.3) is 0 Å². The van der Waals surface area contributed by atoms with Gasteiger partial charge in [0.2, 0.25) is 0 Å². The van der Waals surface area contributed by atoms with Crippen LogP contribution in [0.15, 0.2) is 0 Å². The third-order valence-corrected chi connectivity index (χ3v) is 4.57. The quantitative estimate of drug-likeness (QED) is 0.720. The molecule has 0 aromatic rings. The summed E-state index contributed by atoms with van der Waals surface area (Å²) in [6, 6.07) is 0.604. The van der Waals surface area contributed by atoms with Gasteiger partial charge in [-0.1, -0.05) is 52.4 Å². The van der Waals surface area contributed by atoms with Crippen LogP contribution < -0.4 is 0 Å². The fourth-order valence-electron chi connectivity index (χ4n) is 3.47. The Morgan fingerprint density at radius 2 is 1.72 bits per heavy atom. The second-order valence-corrected chi connectivity index (χ2v) is 6.04. The van der Waals surface area contributed by atoms with E-state index >= 15 is 0 Å². The summed E-state index contributed by atoms with van der Waals surface area (Å²) in [5, 5.41) is 10.2. The van der Waals surface area contributed by atoms with Crippen molar-refractivity contribution >= 4 is 0 Å². The van der Waals surface area contributed by atoms with Crippen LogP contribution in [0.25, 0.3) is 0 Å². The van der Waals surface area contributed by atoms with E-state index in [1.807, 2.05) is 0 Å². The van der Waals surface area contributed by atoms with Gasteiger partial charge in [0.05, 0.1) is 0 Å². The molecule has 0 radical (unpaired) electrons. The largest absolute Gasteiger partial charge is 0.378 e. The fourth-order valence-corrected chi connectivity index (χ4v) is 3.47. The minimum absolute atomic E-state index is 0.237. The average Bonchev–Trinajstić information content (AvgIpc) is 2.32. The van der Waals surface area contributed by atoms with Crippen molar-refractivity contribution in [3.63, 3.8) is 0 Å². The second-order valence-electron chi connectivity index (χ2n) is 6.04. The zero-order valence-corrected chi connectivity index (χ0v) is 12.7. The Labute approximate surface area is 114 Å². The first kappa shape index (κ1) is 16.0. The minimum Gasteiger partial charge on any atom is -0.378 e. The molecule has 1 saturated carbocycles. The smallest absolute Gasteiger partial charge is 0.107 e. The lowest BCUT2D eigenvalue weighted by atomic mass is 9.83. The Balaban J connectivity index is 2.63. The van der Waals surface area contributed by atoms with E-state index in [0.717, 1.165) is 18.8 Å². The number of hydrogen-bond donors (Lipinski definition) is 1. The van der Waals surface area contributed by atoms with Gasteiger partial charge in [-0.2, -0.15) is 0 Å². The topological polar surface area (TPSA) is 23.5 Å². The van der Waals surface area contributed by atoms with Crippen molar-refractivity contribution in [1.29, 1.82) is 0 Å². The van der Waals surface area contributed by atoms with Gasteiger partial charge in [-0.25, -0.2) is 0 Å². The summed E-state index contributed by atoms with van der Waals surface area (Å²) in [4.78, 5) is 2.27. The van der Waals surface area contributed by atoms with Crippen LogP contribution in [-0.2, 0) is 0 Å². The molecule has 0 spiro atoms. The highest BCUT2D eigenvalue weighted by molar-refractivity contribution is 4.80. The maximum atomic E-state index is 10.2. The summed E-state index contributed by atoms with van der Waals surface area (Å²) in [5.41, 5.74) is 0. The van der Waals surface area contributed by atoms with Crippen molar-refractivity contribution in [2.24, 2.45) is 5.92 Å². The predicted molar refractivity (Wildman–Crippen MR) is 78.6 cm³/mol. The van der Waals surface area contributed by atoms with E-state index in [0.29, 0.717) is 6.04 Å². The Morgan fingerprint density at radius 3 is 2.33 bits per heavy atom. The third-order valence-electron chi connectivity index (χ3n) is 4.57. The molecule has 0 saturated heterocycles. The first-order valence-corrected chi connectivity index (χ1v) is 8.10. The number of aliphatic hydroxyl groups is 1. The molecule has 0 aliphatic heterocycles. The maximum absolute atomic E-state index is 10.2. The molecule has 0 aromatic heterocycles. The van der Waals surface area contributed by atoms with Gasteiger partial charge in [0, 0.05) is 6.04 Å². The zero-order valence-electron chi connectivity index (χ0n) is 12.7. The van der Waals surface area contributed by atoms with E-state index in [9.17, 15) is 5.11 Å². The summed E-state index contributed by atoms with van der Waals surface area (Å²) in [6.07, 6.45) is 12.5. The molecule has 0 amide bonds. The molecule has 18 heavy (non-hydrogen) atoms. The van der Waals surface area contributed by atoms with Crippen molar-refractivity contribution in [2.45, 2.75) is 90.3 Å². The standard InChI is InChI=1S/C16H33NO/c1-4-10-14-12-8-6-7-9-13-15(14)17(3)16(18)11-5-2/h14-16,18H,4-13H2,1-3H3. The molecule has 2 nitrogen and oxygen atoms in total. The average molecular weight is 255 g/mol. The summed E-state index contributed by atoms with van der Waals surface area (Å²) in [5.74, 6) is 0.798. The number of nitrogens with zero attached hydrogens (tertiary/aromatic N) is 1. The normalized spacial score (nSPS) is 27.8. The summed E-state index contributed by atoms with van der Waals surface area (Å²) in [7, 11) is 2.13. The highest BCUT2D eigenvalue weighted by Crippen LogP contribution is 2.30. The molecule has 1 aliphatic carbocycles. The van der Waals surface area contributed by atoms with Gasteiger partial charge in [0.1, 0.15) is 6.23 Å². The van der Waals surface area contributed by atoms with Crippen molar-refractivity contribution in [3.05, 3.63) is 0 Å². The summed E-state index contributed by atoms with van der Waals surface area (Å²) in [6.45, 7) is 4.44. The molecule has 1 aliphatic rings. The monoisotopic (exact) mass is 255 g/mol.